The molecule has 1 saturated heterocycles. The maximum Gasteiger partial charge on any atom is 0.126 e. The minimum atomic E-state index is 0.276. The molecule has 5 rings (SSSR count). The van der Waals surface area contributed by atoms with E-state index in [0.29, 0.717) is 18.2 Å². The van der Waals surface area contributed by atoms with Crippen LogP contribution in [0.2, 0.25) is 0 Å². The summed E-state index contributed by atoms with van der Waals surface area (Å²) in [4.78, 5) is 5.69. The number of likely N-dealkylation sites (tertiary alicyclic amines) is 1. The Morgan fingerprint density at radius 3 is 2.67 bits per heavy atom. The van der Waals surface area contributed by atoms with Crippen molar-refractivity contribution in [1.82, 2.24) is 9.88 Å². The molecule has 0 atom stereocenters. The van der Waals surface area contributed by atoms with Crippen LogP contribution in [0.15, 0.2) is 48.7 Å². The highest BCUT2D eigenvalue weighted by Crippen LogP contribution is 2.39. The second-order valence-corrected chi connectivity index (χ2v) is 8.96. The van der Waals surface area contributed by atoms with Crippen molar-refractivity contribution in [2.45, 2.75) is 19.4 Å². The monoisotopic (exact) mass is 445 g/mol. The van der Waals surface area contributed by atoms with Gasteiger partial charge in [-0.1, -0.05) is 30.3 Å². The highest BCUT2D eigenvalue weighted by atomic mass is 16.5. The van der Waals surface area contributed by atoms with Gasteiger partial charge in [-0.2, -0.15) is 0 Å². The summed E-state index contributed by atoms with van der Waals surface area (Å²) in [5.74, 6) is 2.58. The van der Waals surface area contributed by atoms with Crippen molar-refractivity contribution in [3.63, 3.8) is 0 Å². The largest absolute Gasteiger partial charge is 0.508 e. The molecule has 0 aliphatic carbocycles. The number of aromatic amines is 1. The average molecular weight is 446 g/mol. The number of methoxy groups -OCH3 is 1. The Kier molecular flexibility index (Phi) is 6.11. The Balaban J connectivity index is 1.38. The number of phenols is 1. The molecule has 0 spiro atoms. The lowest BCUT2D eigenvalue weighted by atomic mass is 9.95. The van der Waals surface area contributed by atoms with Gasteiger partial charge in [-0.25, -0.2) is 0 Å². The van der Waals surface area contributed by atoms with Gasteiger partial charge in [-0.05, 0) is 61.2 Å². The smallest absolute Gasteiger partial charge is 0.126 e. The number of nitrogens with zero attached hydrogens (tertiary/aromatic N) is 1. The molecule has 0 amide bonds. The molecule has 1 fully saturated rings. The zero-order valence-electron chi connectivity index (χ0n) is 19.0. The average Bonchev–Trinajstić information content (AvgIpc) is 3.29. The molecule has 172 valence electrons. The van der Waals surface area contributed by atoms with Gasteiger partial charge in [0.2, 0.25) is 0 Å². The molecule has 6 heteroatoms. The number of piperidine rings is 1. The topological polar surface area (TPSA) is 80.8 Å². The molecule has 1 aromatic heterocycles. The first kappa shape index (κ1) is 21.6. The van der Waals surface area contributed by atoms with Crippen LogP contribution in [0, 0.1) is 5.92 Å². The lowest BCUT2D eigenvalue weighted by Gasteiger charge is -2.31. The third kappa shape index (κ3) is 4.36. The number of aliphatic hydroxyl groups excluding tert-OH is 1. The van der Waals surface area contributed by atoms with Crippen molar-refractivity contribution in [2.75, 3.05) is 38.7 Å². The summed E-state index contributed by atoms with van der Waals surface area (Å²) in [6, 6.07) is 14.0. The number of para-hydroxylation sites is 1. The number of hydrogen-bond donors (Lipinski definition) is 4. The van der Waals surface area contributed by atoms with E-state index in [9.17, 15) is 10.2 Å². The van der Waals surface area contributed by atoms with Crippen molar-refractivity contribution in [3.8, 4) is 22.6 Å². The van der Waals surface area contributed by atoms with E-state index in [0.717, 1.165) is 77.4 Å². The van der Waals surface area contributed by atoms with E-state index in [4.69, 9.17) is 4.74 Å². The molecule has 2 aliphatic rings. The lowest BCUT2D eigenvalue weighted by molar-refractivity contribution is 0.127. The first-order valence-corrected chi connectivity index (χ1v) is 11.6. The SMILES string of the molecule is COc1ccccc1-c1c[nH]c2c1C=C(c1ccc(CN3CCC(CO)CC3)c(O)c1)CN2. The van der Waals surface area contributed by atoms with E-state index in [1.807, 2.05) is 36.5 Å². The first-order valence-electron chi connectivity index (χ1n) is 11.6. The van der Waals surface area contributed by atoms with Crippen LogP contribution in [0.4, 0.5) is 5.82 Å². The predicted molar refractivity (Wildman–Crippen MR) is 132 cm³/mol. The van der Waals surface area contributed by atoms with Crippen LogP contribution in [0.5, 0.6) is 11.5 Å². The quantitative estimate of drug-likeness (QED) is 0.447. The van der Waals surface area contributed by atoms with Gasteiger partial charge in [-0.3, -0.25) is 4.90 Å². The summed E-state index contributed by atoms with van der Waals surface area (Å²) in [5.41, 5.74) is 6.31. The van der Waals surface area contributed by atoms with Crippen LogP contribution in [0.3, 0.4) is 0 Å². The molecule has 0 bridgehead atoms. The molecule has 0 unspecified atom stereocenters. The van der Waals surface area contributed by atoms with Crippen LogP contribution in [-0.4, -0.2) is 53.4 Å². The molecule has 6 nitrogen and oxygen atoms in total. The molecule has 2 aliphatic heterocycles. The Labute approximate surface area is 194 Å². The third-order valence-electron chi connectivity index (χ3n) is 6.91. The van der Waals surface area contributed by atoms with E-state index >= 15 is 0 Å². The fourth-order valence-electron chi connectivity index (χ4n) is 4.88. The zero-order chi connectivity index (χ0) is 22.8. The number of H-pyrrole nitrogens is 1. The van der Waals surface area contributed by atoms with E-state index in [2.05, 4.69) is 33.4 Å². The van der Waals surface area contributed by atoms with Gasteiger partial charge >= 0.3 is 0 Å². The number of fused-ring (bicyclic) bond motifs is 1. The number of aromatic nitrogens is 1. The first-order chi connectivity index (χ1) is 16.2. The number of benzene rings is 2. The highest BCUT2D eigenvalue weighted by molar-refractivity contribution is 5.96. The van der Waals surface area contributed by atoms with Gasteiger partial charge in [0.1, 0.15) is 17.3 Å². The molecule has 0 saturated carbocycles. The summed E-state index contributed by atoms with van der Waals surface area (Å²) in [6.45, 7) is 3.62. The number of aliphatic hydroxyl groups is 1. The van der Waals surface area contributed by atoms with E-state index < -0.39 is 0 Å². The second-order valence-electron chi connectivity index (χ2n) is 8.96. The maximum absolute atomic E-state index is 10.8. The Bertz CT molecular complexity index is 1160. The van der Waals surface area contributed by atoms with Crippen LogP contribution in [-0.2, 0) is 6.54 Å². The normalized spacial score (nSPS) is 16.7. The summed E-state index contributed by atoms with van der Waals surface area (Å²) in [6.07, 6.45) is 6.23. The molecule has 4 N–H and O–H groups in total. The van der Waals surface area contributed by atoms with Crippen molar-refractivity contribution >= 4 is 17.5 Å². The summed E-state index contributed by atoms with van der Waals surface area (Å²) in [5, 5.41) is 23.6. The Morgan fingerprint density at radius 1 is 1.09 bits per heavy atom. The van der Waals surface area contributed by atoms with E-state index in [1.165, 1.54) is 0 Å². The molecule has 3 aromatic rings. The van der Waals surface area contributed by atoms with E-state index in [1.54, 1.807) is 7.11 Å². The van der Waals surface area contributed by atoms with Crippen molar-refractivity contribution in [1.29, 1.82) is 0 Å². The second kappa shape index (κ2) is 9.33. The van der Waals surface area contributed by atoms with E-state index in [-0.39, 0.29) is 6.61 Å². The zero-order valence-corrected chi connectivity index (χ0v) is 19.0. The van der Waals surface area contributed by atoms with Gasteiger partial charge in [0.25, 0.3) is 0 Å². The molecular weight excluding hydrogens is 414 g/mol. The number of ether oxygens (including phenoxy) is 1. The van der Waals surface area contributed by atoms with Crippen LogP contribution in [0.25, 0.3) is 22.8 Å². The third-order valence-corrected chi connectivity index (χ3v) is 6.91. The van der Waals surface area contributed by atoms with Gasteiger partial charge in [-0.15, -0.1) is 0 Å². The van der Waals surface area contributed by atoms with Gasteiger partial charge in [0.05, 0.1) is 7.11 Å². The molecular formula is C27H31N3O3. The summed E-state index contributed by atoms with van der Waals surface area (Å²) in [7, 11) is 1.69. The van der Waals surface area contributed by atoms with Crippen molar-refractivity contribution < 1.29 is 14.9 Å². The van der Waals surface area contributed by atoms with Crippen molar-refractivity contribution in [3.05, 3.63) is 65.4 Å². The fraction of sp³-hybridized carbons (Fsp3) is 0.333. The maximum atomic E-state index is 10.8. The minimum Gasteiger partial charge on any atom is -0.508 e. The Hall–Kier alpha value is -3.22. The standard InChI is InChI=1S/C27H31N3O3/c1-33-26-5-3-2-4-22(26)24-15-29-27-23(24)12-21(14-28-27)19-6-7-20(25(32)13-19)16-30-10-8-18(17-31)9-11-30/h2-7,12-13,15,18,28-29,31-32H,8-11,14,16-17H2,1H3. The predicted octanol–water partition coefficient (Wildman–Crippen LogP) is 4.57. The number of phenolic OH excluding ortho intramolecular Hbond substituents is 1. The van der Waals surface area contributed by atoms with Crippen molar-refractivity contribution in [2.24, 2.45) is 5.92 Å². The minimum absolute atomic E-state index is 0.276. The number of rotatable bonds is 6. The molecule has 0 radical (unpaired) electrons. The number of hydrogen-bond acceptors (Lipinski definition) is 5. The van der Waals surface area contributed by atoms with Crippen LogP contribution < -0.4 is 10.1 Å². The van der Waals surface area contributed by atoms with Gasteiger partial charge in [0.15, 0.2) is 0 Å². The highest BCUT2D eigenvalue weighted by Gasteiger charge is 2.21. The fourth-order valence-corrected chi connectivity index (χ4v) is 4.88. The number of anilines is 1. The molecule has 33 heavy (non-hydrogen) atoms. The molecule has 3 heterocycles. The van der Waals surface area contributed by atoms with Gasteiger partial charge in [0, 0.05) is 48.1 Å². The summed E-state index contributed by atoms with van der Waals surface area (Å²) < 4.78 is 5.57. The lowest BCUT2D eigenvalue weighted by Crippen LogP contribution is -2.34. The van der Waals surface area contributed by atoms with Crippen LogP contribution in [0.1, 0.15) is 29.5 Å². The molecule has 2 aromatic carbocycles. The number of nitrogens with one attached hydrogen (secondary N) is 2. The van der Waals surface area contributed by atoms with Gasteiger partial charge < -0.3 is 25.3 Å². The summed E-state index contributed by atoms with van der Waals surface area (Å²) >= 11 is 0. The Morgan fingerprint density at radius 2 is 1.91 bits per heavy atom. The number of aromatic hydroxyl groups is 1. The van der Waals surface area contributed by atoms with Crippen LogP contribution >= 0.6 is 0 Å².